The maximum Gasteiger partial charge on any atom is 0.147 e. The summed E-state index contributed by atoms with van der Waals surface area (Å²) in [6.07, 6.45) is 2.79. The van der Waals surface area contributed by atoms with Crippen LogP contribution in [0, 0.1) is 12.7 Å². The average molecular weight is 273 g/mol. The lowest BCUT2D eigenvalue weighted by Crippen LogP contribution is -2.25. The van der Waals surface area contributed by atoms with Gasteiger partial charge in [-0.25, -0.2) is 9.37 Å². The quantitative estimate of drug-likeness (QED) is 0.932. The zero-order valence-electron chi connectivity index (χ0n) is 12.0. The third-order valence-corrected chi connectivity index (χ3v) is 3.84. The van der Waals surface area contributed by atoms with Crippen LogP contribution in [0.2, 0.25) is 0 Å². The first-order valence-electron chi connectivity index (χ1n) is 7.28. The molecule has 0 unspecified atom stereocenters. The van der Waals surface area contributed by atoms with E-state index >= 15 is 0 Å². The summed E-state index contributed by atoms with van der Waals surface area (Å²) in [5.74, 6) is 0.815. The van der Waals surface area contributed by atoms with Crippen molar-refractivity contribution in [1.29, 1.82) is 0 Å². The molecule has 0 saturated carbocycles. The van der Waals surface area contributed by atoms with Crippen molar-refractivity contribution in [1.82, 2.24) is 14.9 Å². The highest BCUT2D eigenvalue weighted by molar-refractivity contribution is 5.45. The van der Waals surface area contributed by atoms with Crippen molar-refractivity contribution in [2.45, 2.75) is 39.7 Å². The molecule has 0 fully saturated rings. The van der Waals surface area contributed by atoms with E-state index in [9.17, 15) is 4.39 Å². The third-order valence-electron chi connectivity index (χ3n) is 3.84. The largest absolute Gasteiger partial charge is 0.311 e. The molecule has 106 valence electrons. The number of aryl methyl sites for hydroxylation is 2. The van der Waals surface area contributed by atoms with Crippen LogP contribution in [-0.4, -0.2) is 16.1 Å². The van der Waals surface area contributed by atoms with Gasteiger partial charge in [-0.1, -0.05) is 19.1 Å². The van der Waals surface area contributed by atoms with Crippen molar-refractivity contribution in [3.05, 3.63) is 46.8 Å². The second-order valence-electron chi connectivity index (χ2n) is 5.34. The molecule has 1 aromatic heterocycles. The topological polar surface area (TPSA) is 29.9 Å². The van der Waals surface area contributed by atoms with Gasteiger partial charge in [0.1, 0.15) is 11.6 Å². The molecule has 0 radical (unpaired) electrons. The van der Waals surface area contributed by atoms with E-state index in [1.165, 1.54) is 11.8 Å². The van der Waals surface area contributed by atoms with Gasteiger partial charge in [0, 0.05) is 31.6 Å². The van der Waals surface area contributed by atoms with Crippen molar-refractivity contribution < 1.29 is 4.39 Å². The number of rotatable bonds is 3. The molecule has 1 aromatic carbocycles. The number of aromatic nitrogens is 2. The number of fused-ring (bicyclic) bond motifs is 1. The molecule has 4 heteroatoms. The van der Waals surface area contributed by atoms with Crippen LogP contribution in [0.3, 0.4) is 0 Å². The Balaban J connectivity index is 2.23. The molecule has 3 nitrogen and oxygen atoms in total. The molecule has 0 spiro atoms. The van der Waals surface area contributed by atoms with Crippen molar-refractivity contribution >= 4 is 0 Å². The molecule has 2 heterocycles. The van der Waals surface area contributed by atoms with E-state index < -0.39 is 0 Å². The van der Waals surface area contributed by atoms with Gasteiger partial charge in [0.15, 0.2) is 0 Å². The summed E-state index contributed by atoms with van der Waals surface area (Å²) in [5.41, 5.74) is 3.87. The lowest BCUT2D eigenvalue weighted by atomic mass is 10.1. The van der Waals surface area contributed by atoms with Crippen molar-refractivity contribution in [2.75, 3.05) is 6.54 Å². The Hall–Kier alpha value is -1.68. The highest BCUT2D eigenvalue weighted by Crippen LogP contribution is 2.26. The fourth-order valence-corrected chi connectivity index (χ4v) is 2.93. The number of imidazole rings is 1. The van der Waals surface area contributed by atoms with Crippen LogP contribution < -0.4 is 5.32 Å². The van der Waals surface area contributed by atoms with E-state index in [0.717, 1.165) is 49.4 Å². The van der Waals surface area contributed by atoms with Gasteiger partial charge in [-0.15, -0.1) is 0 Å². The van der Waals surface area contributed by atoms with Gasteiger partial charge in [0.05, 0.1) is 11.4 Å². The lowest BCUT2D eigenvalue weighted by Gasteiger charge is -2.18. The van der Waals surface area contributed by atoms with E-state index in [4.69, 9.17) is 4.98 Å². The zero-order chi connectivity index (χ0) is 14.1. The molecule has 20 heavy (non-hydrogen) atoms. The lowest BCUT2D eigenvalue weighted by molar-refractivity contribution is 0.596. The molecular weight excluding hydrogens is 253 g/mol. The highest BCUT2D eigenvalue weighted by Gasteiger charge is 2.22. The SMILES string of the molecule is CCCc1nc2c(n1-c1c(C)cccc1F)CCNC2. The Labute approximate surface area is 118 Å². The van der Waals surface area contributed by atoms with E-state index in [-0.39, 0.29) is 5.82 Å². The van der Waals surface area contributed by atoms with Crippen LogP contribution in [-0.2, 0) is 19.4 Å². The first kappa shape index (κ1) is 13.3. The normalized spacial score (nSPS) is 14.3. The Morgan fingerprint density at radius 2 is 2.25 bits per heavy atom. The Bertz CT molecular complexity index is 611. The van der Waals surface area contributed by atoms with Crippen molar-refractivity contribution in [3.8, 4) is 5.69 Å². The smallest absolute Gasteiger partial charge is 0.147 e. The summed E-state index contributed by atoms with van der Waals surface area (Å²) >= 11 is 0. The first-order valence-corrected chi connectivity index (χ1v) is 7.28. The van der Waals surface area contributed by atoms with Gasteiger partial charge in [-0.05, 0) is 25.0 Å². The van der Waals surface area contributed by atoms with Crippen molar-refractivity contribution in [2.24, 2.45) is 0 Å². The number of nitrogens with zero attached hydrogens (tertiary/aromatic N) is 2. The van der Waals surface area contributed by atoms with Crippen LogP contribution in [0.15, 0.2) is 18.2 Å². The van der Waals surface area contributed by atoms with E-state index in [1.807, 2.05) is 13.0 Å². The predicted molar refractivity (Wildman–Crippen MR) is 77.7 cm³/mol. The summed E-state index contributed by atoms with van der Waals surface area (Å²) in [5, 5.41) is 3.33. The maximum absolute atomic E-state index is 14.3. The van der Waals surface area contributed by atoms with Crippen LogP contribution in [0.25, 0.3) is 5.69 Å². The molecule has 0 saturated heterocycles. The standard InChI is InChI=1S/C16H20FN3/c1-3-5-15-19-13-10-18-9-8-14(13)20(15)16-11(2)6-4-7-12(16)17/h4,6-7,18H,3,5,8-10H2,1-2H3. The number of nitrogens with one attached hydrogen (secondary N) is 1. The van der Waals surface area contributed by atoms with Crippen LogP contribution in [0.1, 0.15) is 36.1 Å². The molecule has 1 aliphatic heterocycles. The molecule has 1 N–H and O–H groups in total. The Kier molecular flexibility index (Phi) is 3.57. The second-order valence-corrected chi connectivity index (χ2v) is 5.34. The van der Waals surface area contributed by atoms with Gasteiger partial charge in [0.25, 0.3) is 0 Å². The number of halogens is 1. The third kappa shape index (κ3) is 2.14. The molecule has 0 aliphatic carbocycles. The fourth-order valence-electron chi connectivity index (χ4n) is 2.93. The van der Waals surface area contributed by atoms with Gasteiger partial charge in [0.2, 0.25) is 0 Å². The van der Waals surface area contributed by atoms with Crippen LogP contribution >= 0.6 is 0 Å². The summed E-state index contributed by atoms with van der Waals surface area (Å²) in [6.45, 7) is 5.80. The molecule has 0 atom stereocenters. The second kappa shape index (κ2) is 5.37. The predicted octanol–water partition coefficient (Wildman–Crippen LogP) is 2.92. The van der Waals surface area contributed by atoms with E-state index in [2.05, 4.69) is 16.8 Å². The molecule has 3 rings (SSSR count). The van der Waals surface area contributed by atoms with E-state index in [0.29, 0.717) is 5.69 Å². The van der Waals surface area contributed by atoms with Gasteiger partial charge >= 0.3 is 0 Å². The zero-order valence-corrected chi connectivity index (χ0v) is 12.0. The number of benzene rings is 1. The molecular formula is C16H20FN3. The average Bonchev–Trinajstić information content (AvgIpc) is 2.78. The van der Waals surface area contributed by atoms with Crippen LogP contribution in [0.5, 0.6) is 0 Å². The summed E-state index contributed by atoms with van der Waals surface area (Å²) in [6, 6.07) is 5.26. The van der Waals surface area contributed by atoms with Crippen LogP contribution in [0.4, 0.5) is 4.39 Å². The first-order chi connectivity index (χ1) is 9.72. The number of hydrogen-bond donors (Lipinski definition) is 1. The Morgan fingerprint density at radius 1 is 1.40 bits per heavy atom. The maximum atomic E-state index is 14.3. The van der Waals surface area contributed by atoms with Crippen molar-refractivity contribution in [3.63, 3.8) is 0 Å². The minimum absolute atomic E-state index is 0.166. The number of hydrogen-bond acceptors (Lipinski definition) is 2. The monoisotopic (exact) mass is 273 g/mol. The fraction of sp³-hybridized carbons (Fsp3) is 0.438. The number of para-hydroxylation sites is 1. The molecule has 2 aromatic rings. The summed E-state index contributed by atoms with van der Waals surface area (Å²) in [7, 11) is 0. The minimum Gasteiger partial charge on any atom is -0.311 e. The highest BCUT2D eigenvalue weighted by atomic mass is 19.1. The summed E-state index contributed by atoms with van der Waals surface area (Å²) < 4.78 is 16.4. The van der Waals surface area contributed by atoms with Gasteiger partial charge in [-0.3, -0.25) is 4.57 Å². The summed E-state index contributed by atoms with van der Waals surface area (Å²) in [4.78, 5) is 4.73. The molecule has 0 amide bonds. The minimum atomic E-state index is -0.166. The molecule has 0 bridgehead atoms. The van der Waals surface area contributed by atoms with Gasteiger partial charge < -0.3 is 5.32 Å². The Morgan fingerprint density at radius 3 is 3.00 bits per heavy atom. The van der Waals surface area contributed by atoms with E-state index in [1.54, 1.807) is 6.07 Å². The molecule has 1 aliphatic rings. The van der Waals surface area contributed by atoms with Gasteiger partial charge in [-0.2, -0.15) is 0 Å².